The Hall–Kier alpha value is -3.40. The van der Waals surface area contributed by atoms with Gasteiger partial charge in [0.2, 0.25) is 0 Å². The van der Waals surface area contributed by atoms with Gasteiger partial charge in [0.25, 0.3) is 0 Å². The van der Waals surface area contributed by atoms with E-state index >= 15 is 0 Å². The monoisotopic (exact) mass is 364 g/mol. The standard InChI is InChI=1S/C24H20N4/c1-3-7-17(8-4-1)21-22(18-9-5-2-6-10-18)24(20-16-26-12-14-28-20)23(21)19-15-25-11-13-27-19/h1-16,21-24H. The molecule has 1 fully saturated rings. The average Bonchev–Trinajstić information content (AvgIpc) is 2.76. The van der Waals surface area contributed by atoms with Crippen LogP contribution in [-0.4, -0.2) is 19.9 Å². The molecule has 4 nitrogen and oxygen atoms in total. The van der Waals surface area contributed by atoms with Gasteiger partial charge in [0, 0.05) is 60.9 Å². The Kier molecular flexibility index (Phi) is 4.37. The van der Waals surface area contributed by atoms with Crippen LogP contribution in [0, 0.1) is 0 Å². The van der Waals surface area contributed by atoms with E-state index in [1.807, 2.05) is 12.4 Å². The van der Waals surface area contributed by atoms with Gasteiger partial charge in [0.05, 0.1) is 11.4 Å². The molecular formula is C24H20N4. The molecule has 4 unspecified atom stereocenters. The van der Waals surface area contributed by atoms with Crippen LogP contribution in [-0.2, 0) is 0 Å². The van der Waals surface area contributed by atoms with E-state index in [9.17, 15) is 0 Å². The fourth-order valence-corrected chi connectivity index (χ4v) is 4.63. The number of rotatable bonds is 4. The van der Waals surface area contributed by atoms with Crippen molar-refractivity contribution in [2.45, 2.75) is 23.7 Å². The van der Waals surface area contributed by atoms with Crippen LogP contribution < -0.4 is 0 Å². The highest BCUT2D eigenvalue weighted by Gasteiger charge is 2.54. The first kappa shape index (κ1) is 16.8. The van der Waals surface area contributed by atoms with Crippen LogP contribution in [0.5, 0.6) is 0 Å². The second kappa shape index (κ2) is 7.31. The molecule has 4 atom stereocenters. The van der Waals surface area contributed by atoms with Crippen molar-refractivity contribution < 1.29 is 0 Å². The van der Waals surface area contributed by atoms with Gasteiger partial charge in [-0.05, 0) is 11.1 Å². The molecule has 136 valence electrons. The molecule has 1 aliphatic carbocycles. The summed E-state index contributed by atoms with van der Waals surface area (Å²) >= 11 is 0. The molecule has 0 spiro atoms. The molecule has 0 amide bonds. The number of hydrogen-bond acceptors (Lipinski definition) is 4. The van der Waals surface area contributed by atoms with Crippen LogP contribution in [0.3, 0.4) is 0 Å². The smallest absolute Gasteiger partial charge is 0.0630 e. The fourth-order valence-electron chi connectivity index (χ4n) is 4.63. The van der Waals surface area contributed by atoms with Crippen molar-refractivity contribution in [2.24, 2.45) is 0 Å². The number of hydrogen-bond donors (Lipinski definition) is 0. The van der Waals surface area contributed by atoms with Crippen molar-refractivity contribution in [2.75, 3.05) is 0 Å². The van der Waals surface area contributed by atoms with E-state index in [0.29, 0.717) is 11.8 Å². The molecule has 1 aliphatic rings. The Balaban J connectivity index is 1.67. The van der Waals surface area contributed by atoms with Gasteiger partial charge >= 0.3 is 0 Å². The summed E-state index contributed by atoms with van der Waals surface area (Å²) in [6, 6.07) is 21.5. The lowest BCUT2D eigenvalue weighted by molar-refractivity contribution is 0.219. The first-order chi connectivity index (χ1) is 13.9. The zero-order chi connectivity index (χ0) is 18.8. The van der Waals surface area contributed by atoms with Gasteiger partial charge < -0.3 is 0 Å². The Bertz CT molecular complexity index is 841. The lowest BCUT2D eigenvalue weighted by atomic mass is 9.51. The zero-order valence-corrected chi connectivity index (χ0v) is 15.3. The summed E-state index contributed by atoms with van der Waals surface area (Å²) in [6.07, 6.45) is 10.8. The van der Waals surface area contributed by atoms with Crippen LogP contribution in [0.1, 0.15) is 46.2 Å². The predicted molar refractivity (Wildman–Crippen MR) is 108 cm³/mol. The lowest BCUT2D eigenvalue weighted by Gasteiger charge is -2.52. The van der Waals surface area contributed by atoms with Crippen molar-refractivity contribution in [3.8, 4) is 0 Å². The molecular weight excluding hydrogens is 344 g/mol. The topological polar surface area (TPSA) is 51.6 Å². The van der Waals surface area contributed by atoms with Gasteiger partial charge in [0.15, 0.2) is 0 Å². The van der Waals surface area contributed by atoms with Crippen molar-refractivity contribution >= 4 is 0 Å². The second-order valence-corrected chi connectivity index (χ2v) is 7.19. The van der Waals surface area contributed by atoms with E-state index in [2.05, 4.69) is 80.6 Å². The largest absolute Gasteiger partial charge is 0.261 e. The Morgan fingerprint density at radius 1 is 0.464 bits per heavy atom. The van der Waals surface area contributed by atoms with Gasteiger partial charge in [-0.3, -0.25) is 19.9 Å². The Labute approximate surface area is 164 Å². The van der Waals surface area contributed by atoms with E-state index < -0.39 is 0 Å². The van der Waals surface area contributed by atoms with E-state index in [0.717, 1.165) is 11.4 Å². The lowest BCUT2D eigenvalue weighted by Crippen LogP contribution is -2.41. The quantitative estimate of drug-likeness (QED) is 0.526. The Morgan fingerprint density at radius 3 is 1.25 bits per heavy atom. The van der Waals surface area contributed by atoms with Crippen molar-refractivity contribution in [3.63, 3.8) is 0 Å². The van der Waals surface area contributed by atoms with Gasteiger partial charge in [-0.2, -0.15) is 0 Å². The summed E-state index contributed by atoms with van der Waals surface area (Å²) < 4.78 is 0. The van der Waals surface area contributed by atoms with Crippen LogP contribution in [0.4, 0.5) is 0 Å². The molecule has 2 aromatic carbocycles. The van der Waals surface area contributed by atoms with Crippen molar-refractivity contribution in [1.82, 2.24) is 19.9 Å². The summed E-state index contributed by atoms with van der Waals surface area (Å²) in [6.45, 7) is 0. The number of benzene rings is 2. The maximum atomic E-state index is 4.67. The molecule has 4 heteroatoms. The first-order valence-corrected chi connectivity index (χ1v) is 9.55. The maximum Gasteiger partial charge on any atom is 0.0630 e. The summed E-state index contributed by atoms with van der Waals surface area (Å²) in [4.78, 5) is 18.0. The van der Waals surface area contributed by atoms with Crippen LogP contribution in [0.2, 0.25) is 0 Å². The minimum absolute atomic E-state index is 0.206. The maximum absolute atomic E-state index is 4.67. The van der Waals surface area contributed by atoms with Crippen LogP contribution >= 0.6 is 0 Å². The summed E-state index contributed by atoms with van der Waals surface area (Å²) in [5.41, 5.74) is 4.68. The van der Waals surface area contributed by atoms with E-state index in [1.54, 1.807) is 24.8 Å². The molecule has 0 radical (unpaired) electrons. The molecule has 1 saturated carbocycles. The van der Waals surface area contributed by atoms with E-state index in [-0.39, 0.29) is 11.8 Å². The molecule has 2 aromatic heterocycles. The summed E-state index contributed by atoms with van der Waals surface area (Å²) in [5.74, 6) is 1.04. The molecule has 0 aliphatic heterocycles. The highest BCUT2D eigenvalue weighted by Crippen LogP contribution is 2.65. The van der Waals surface area contributed by atoms with Gasteiger partial charge in [-0.25, -0.2) is 0 Å². The highest BCUT2D eigenvalue weighted by molar-refractivity contribution is 5.44. The van der Waals surface area contributed by atoms with Crippen molar-refractivity contribution in [3.05, 3.63) is 120 Å². The number of aromatic nitrogens is 4. The van der Waals surface area contributed by atoms with Gasteiger partial charge in [-0.15, -0.1) is 0 Å². The molecule has 4 aromatic rings. The number of nitrogens with zero attached hydrogens (tertiary/aromatic N) is 4. The third kappa shape index (κ3) is 2.87. The highest BCUT2D eigenvalue weighted by atomic mass is 14.8. The predicted octanol–water partition coefficient (Wildman–Crippen LogP) is 4.72. The van der Waals surface area contributed by atoms with Gasteiger partial charge in [0.1, 0.15) is 0 Å². The fraction of sp³-hybridized carbons (Fsp3) is 0.167. The van der Waals surface area contributed by atoms with Crippen LogP contribution in [0.15, 0.2) is 97.8 Å². The minimum Gasteiger partial charge on any atom is -0.261 e. The first-order valence-electron chi connectivity index (χ1n) is 9.55. The molecule has 28 heavy (non-hydrogen) atoms. The van der Waals surface area contributed by atoms with Gasteiger partial charge in [-0.1, -0.05) is 60.7 Å². The summed E-state index contributed by atoms with van der Waals surface area (Å²) in [7, 11) is 0. The van der Waals surface area contributed by atoms with Crippen LogP contribution in [0.25, 0.3) is 0 Å². The molecule has 5 rings (SSSR count). The zero-order valence-electron chi connectivity index (χ0n) is 15.3. The van der Waals surface area contributed by atoms with E-state index in [1.165, 1.54) is 11.1 Å². The molecule has 0 N–H and O–H groups in total. The Morgan fingerprint density at radius 2 is 0.893 bits per heavy atom. The third-order valence-corrected chi connectivity index (χ3v) is 5.77. The molecule has 2 heterocycles. The van der Waals surface area contributed by atoms with E-state index in [4.69, 9.17) is 0 Å². The van der Waals surface area contributed by atoms with Crippen molar-refractivity contribution in [1.29, 1.82) is 0 Å². The normalized spacial score (nSPS) is 23.7. The third-order valence-electron chi connectivity index (χ3n) is 5.77. The average molecular weight is 364 g/mol. The molecule has 0 saturated heterocycles. The SMILES string of the molecule is c1ccc(C2C(c3ccccc3)C(c3cnccn3)C2c2cnccn2)cc1. The minimum atomic E-state index is 0.206. The summed E-state index contributed by atoms with van der Waals surface area (Å²) in [5, 5.41) is 0. The molecule has 0 bridgehead atoms. The second-order valence-electron chi connectivity index (χ2n) is 7.19.